The highest BCUT2D eigenvalue weighted by Gasteiger charge is 2.09. The average molecular weight is 260 g/mol. The maximum absolute atomic E-state index is 4.72. The lowest BCUT2D eigenvalue weighted by Crippen LogP contribution is -2.22. The minimum Gasteiger partial charge on any atom is -0.366 e. The zero-order chi connectivity index (χ0) is 13.0. The van der Waals surface area contributed by atoms with E-state index in [0.29, 0.717) is 6.04 Å². The van der Waals surface area contributed by atoms with Crippen LogP contribution >= 0.6 is 11.8 Å². The van der Waals surface area contributed by atoms with E-state index in [1.54, 1.807) is 0 Å². The number of fused-ring (bicyclic) bond motifs is 1. The second-order valence-electron chi connectivity index (χ2n) is 4.55. The van der Waals surface area contributed by atoms with E-state index in [2.05, 4.69) is 49.7 Å². The predicted molar refractivity (Wildman–Crippen MR) is 82.6 cm³/mol. The van der Waals surface area contributed by atoms with Gasteiger partial charge in [0, 0.05) is 17.2 Å². The van der Waals surface area contributed by atoms with Crippen LogP contribution in [0.2, 0.25) is 0 Å². The zero-order valence-electron chi connectivity index (χ0n) is 11.2. The molecule has 0 aliphatic rings. The number of rotatable bonds is 5. The fraction of sp³-hybridized carbons (Fsp3) is 0.400. The lowest BCUT2D eigenvalue weighted by atomic mass is 10.1. The predicted octanol–water partition coefficient (Wildman–Crippen LogP) is 4.10. The number of thioether (sulfide) groups is 1. The average Bonchev–Trinajstić information content (AvgIpc) is 2.39. The first kappa shape index (κ1) is 13.2. The molecule has 2 nitrogen and oxygen atoms in total. The van der Waals surface area contributed by atoms with Crippen molar-refractivity contribution < 1.29 is 0 Å². The van der Waals surface area contributed by atoms with Gasteiger partial charge in [0.2, 0.25) is 0 Å². The molecule has 18 heavy (non-hydrogen) atoms. The Labute approximate surface area is 113 Å². The molecule has 3 heteroatoms. The highest BCUT2D eigenvalue weighted by Crippen LogP contribution is 2.21. The maximum Gasteiger partial charge on any atom is 0.129 e. The van der Waals surface area contributed by atoms with Crippen LogP contribution in [0.4, 0.5) is 5.82 Å². The summed E-state index contributed by atoms with van der Waals surface area (Å²) < 4.78 is 0. The number of aromatic nitrogens is 1. The number of anilines is 1. The third-order valence-corrected chi connectivity index (χ3v) is 3.85. The van der Waals surface area contributed by atoms with E-state index < -0.39 is 0 Å². The van der Waals surface area contributed by atoms with Crippen LogP contribution in [0.25, 0.3) is 10.9 Å². The van der Waals surface area contributed by atoms with Crippen molar-refractivity contribution in [3.8, 4) is 0 Å². The molecule has 0 saturated heterocycles. The van der Waals surface area contributed by atoms with Crippen LogP contribution in [0.15, 0.2) is 30.3 Å². The van der Waals surface area contributed by atoms with Gasteiger partial charge in [-0.05, 0) is 37.3 Å². The molecule has 0 radical (unpaired) electrons. The van der Waals surface area contributed by atoms with Gasteiger partial charge in [-0.3, -0.25) is 0 Å². The zero-order valence-corrected chi connectivity index (χ0v) is 12.1. The van der Waals surface area contributed by atoms with Gasteiger partial charge in [0.25, 0.3) is 0 Å². The van der Waals surface area contributed by atoms with E-state index in [9.17, 15) is 0 Å². The smallest absolute Gasteiger partial charge is 0.129 e. The molecule has 0 bridgehead atoms. The Morgan fingerprint density at radius 2 is 2.11 bits per heavy atom. The molecule has 1 heterocycles. The Hall–Kier alpha value is -1.22. The summed E-state index contributed by atoms with van der Waals surface area (Å²) in [5.74, 6) is 2.14. The van der Waals surface area contributed by atoms with Crippen LogP contribution in [-0.2, 0) is 0 Å². The normalized spacial score (nSPS) is 12.6. The summed E-state index contributed by atoms with van der Waals surface area (Å²) in [4.78, 5) is 4.72. The summed E-state index contributed by atoms with van der Waals surface area (Å²) in [6.45, 7) is 4.33. The Kier molecular flexibility index (Phi) is 4.48. The number of hydrogen-bond acceptors (Lipinski definition) is 3. The number of pyridine rings is 1. The quantitative estimate of drug-likeness (QED) is 0.876. The van der Waals surface area contributed by atoms with Gasteiger partial charge >= 0.3 is 0 Å². The molecule has 1 unspecified atom stereocenters. The van der Waals surface area contributed by atoms with E-state index in [1.165, 1.54) is 10.9 Å². The number of hydrogen-bond donors (Lipinski definition) is 1. The molecule has 0 aliphatic heterocycles. The Bertz CT molecular complexity index is 525. The fourth-order valence-electron chi connectivity index (χ4n) is 2.02. The van der Waals surface area contributed by atoms with Crippen molar-refractivity contribution in [1.29, 1.82) is 0 Å². The van der Waals surface area contributed by atoms with Gasteiger partial charge in [-0.1, -0.05) is 25.1 Å². The van der Waals surface area contributed by atoms with Gasteiger partial charge in [0.05, 0.1) is 5.52 Å². The first-order valence-electron chi connectivity index (χ1n) is 6.36. The van der Waals surface area contributed by atoms with Crippen molar-refractivity contribution in [2.75, 3.05) is 17.3 Å². The van der Waals surface area contributed by atoms with Gasteiger partial charge in [-0.2, -0.15) is 11.8 Å². The lowest BCUT2D eigenvalue weighted by Gasteiger charge is -2.18. The molecule has 0 spiro atoms. The molecule has 1 aromatic heterocycles. The van der Waals surface area contributed by atoms with Crippen LogP contribution < -0.4 is 5.32 Å². The standard InChI is InChI=1S/C15H20N2S/c1-4-13(10-18-3)16-15-11(2)9-12-7-5-6-8-14(12)17-15/h5-9,13H,4,10H2,1-3H3,(H,16,17). The van der Waals surface area contributed by atoms with Gasteiger partial charge < -0.3 is 5.32 Å². The molecule has 2 aromatic rings. The maximum atomic E-state index is 4.72. The molecule has 96 valence electrons. The van der Waals surface area contributed by atoms with Gasteiger partial charge in [-0.15, -0.1) is 0 Å². The van der Waals surface area contributed by atoms with E-state index in [-0.39, 0.29) is 0 Å². The Morgan fingerprint density at radius 3 is 2.83 bits per heavy atom. The number of benzene rings is 1. The number of nitrogens with one attached hydrogen (secondary N) is 1. The second-order valence-corrected chi connectivity index (χ2v) is 5.46. The topological polar surface area (TPSA) is 24.9 Å². The first-order chi connectivity index (χ1) is 8.74. The Balaban J connectivity index is 2.29. The van der Waals surface area contributed by atoms with Gasteiger partial charge in [0.15, 0.2) is 0 Å². The first-order valence-corrected chi connectivity index (χ1v) is 7.75. The van der Waals surface area contributed by atoms with E-state index in [1.807, 2.05) is 17.8 Å². The molecular weight excluding hydrogens is 240 g/mol. The van der Waals surface area contributed by atoms with Gasteiger partial charge in [0.1, 0.15) is 5.82 Å². The van der Waals surface area contributed by atoms with Crippen molar-refractivity contribution >= 4 is 28.5 Å². The molecule has 1 N–H and O–H groups in total. The molecule has 0 amide bonds. The lowest BCUT2D eigenvalue weighted by molar-refractivity contribution is 0.769. The molecule has 0 saturated carbocycles. The van der Waals surface area contributed by atoms with Gasteiger partial charge in [-0.25, -0.2) is 4.98 Å². The molecule has 0 aliphatic carbocycles. The summed E-state index contributed by atoms with van der Waals surface area (Å²) >= 11 is 1.87. The monoisotopic (exact) mass is 260 g/mol. The van der Waals surface area contributed by atoms with Crippen LogP contribution in [0.5, 0.6) is 0 Å². The summed E-state index contributed by atoms with van der Waals surface area (Å²) in [5, 5.41) is 4.76. The fourth-order valence-corrected chi connectivity index (χ4v) is 2.75. The molecule has 0 fully saturated rings. The summed E-state index contributed by atoms with van der Waals surface area (Å²) in [6, 6.07) is 11.0. The largest absolute Gasteiger partial charge is 0.366 e. The highest BCUT2D eigenvalue weighted by molar-refractivity contribution is 7.98. The third-order valence-electron chi connectivity index (χ3n) is 3.12. The molecule has 1 atom stereocenters. The summed E-state index contributed by atoms with van der Waals surface area (Å²) in [5.41, 5.74) is 2.28. The Morgan fingerprint density at radius 1 is 1.33 bits per heavy atom. The highest BCUT2D eigenvalue weighted by atomic mass is 32.2. The van der Waals surface area contributed by atoms with Crippen LogP contribution in [0.3, 0.4) is 0 Å². The number of para-hydroxylation sites is 1. The third kappa shape index (κ3) is 2.96. The van der Waals surface area contributed by atoms with Crippen LogP contribution in [-0.4, -0.2) is 23.0 Å². The molecule has 1 aromatic carbocycles. The van der Waals surface area contributed by atoms with Crippen molar-refractivity contribution in [2.45, 2.75) is 26.3 Å². The summed E-state index contributed by atoms with van der Waals surface area (Å²) in [6.07, 6.45) is 3.26. The molecule has 2 rings (SSSR count). The van der Waals surface area contributed by atoms with Crippen molar-refractivity contribution in [3.63, 3.8) is 0 Å². The second kappa shape index (κ2) is 6.10. The minimum absolute atomic E-state index is 0.493. The molecular formula is C15H20N2S. The summed E-state index contributed by atoms with van der Waals surface area (Å²) in [7, 11) is 0. The van der Waals surface area contributed by atoms with Crippen molar-refractivity contribution in [1.82, 2.24) is 4.98 Å². The minimum atomic E-state index is 0.493. The number of aryl methyl sites for hydroxylation is 1. The van der Waals surface area contributed by atoms with E-state index in [0.717, 1.165) is 23.5 Å². The number of nitrogens with zero attached hydrogens (tertiary/aromatic N) is 1. The SMILES string of the molecule is CCC(CSC)Nc1nc2ccccc2cc1C. The van der Waals surface area contributed by atoms with Crippen molar-refractivity contribution in [2.24, 2.45) is 0 Å². The van der Waals surface area contributed by atoms with Crippen LogP contribution in [0.1, 0.15) is 18.9 Å². The van der Waals surface area contributed by atoms with Crippen LogP contribution in [0, 0.1) is 6.92 Å². The van der Waals surface area contributed by atoms with E-state index >= 15 is 0 Å². The van der Waals surface area contributed by atoms with Crippen molar-refractivity contribution in [3.05, 3.63) is 35.9 Å². The van der Waals surface area contributed by atoms with E-state index in [4.69, 9.17) is 4.98 Å².